The van der Waals surface area contributed by atoms with Gasteiger partial charge in [-0.05, 0) is 24.3 Å². The average Bonchev–Trinajstić information content (AvgIpc) is 2.80. The van der Waals surface area contributed by atoms with Crippen LogP contribution in [0.5, 0.6) is 0 Å². The Morgan fingerprint density at radius 3 is 2.94 bits per heavy atom. The number of imidazole rings is 1. The summed E-state index contributed by atoms with van der Waals surface area (Å²) in [5.74, 6) is 0.835. The molecule has 0 saturated heterocycles. The molecule has 1 fully saturated rings. The minimum absolute atomic E-state index is 0.238. The van der Waals surface area contributed by atoms with Crippen molar-refractivity contribution in [3.05, 3.63) is 42.4 Å². The summed E-state index contributed by atoms with van der Waals surface area (Å²) in [7, 11) is 0. The van der Waals surface area contributed by atoms with Crippen molar-refractivity contribution in [1.29, 1.82) is 0 Å². The van der Waals surface area contributed by atoms with Crippen molar-refractivity contribution < 1.29 is 0 Å². The maximum atomic E-state index is 4.31. The maximum Gasteiger partial charge on any atom is 0.0959 e. The van der Waals surface area contributed by atoms with E-state index in [0.29, 0.717) is 0 Å². The number of benzene rings is 1. The molecule has 2 heteroatoms. The topological polar surface area (TPSA) is 17.8 Å². The lowest BCUT2D eigenvalue weighted by atomic mass is 9.66. The van der Waals surface area contributed by atoms with Crippen molar-refractivity contribution in [1.82, 2.24) is 9.55 Å². The smallest absolute Gasteiger partial charge is 0.0959 e. The molecule has 0 unspecified atom stereocenters. The van der Waals surface area contributed by atoms with Gasteiger partial charge in [0, 0.05) is 5.56 Å². The molecule has 1 saturated carbocycles. The molecule has 2 aromatic rings. The van der Waals surface area contributed by atoms with E-state index < -0.39 is 0 Å². The number of fused-ring (bicyclic) bond motifs is 5. The van der Waals surface area contributed by atoms with Crippen molar-refractivity contribution in [3.63, 3.8) is 0 Å². The van der Waals surface area contributed by atoms with Gasteiger partial charge in [0.25, 0.3) is 0 Å². The van der Waals surface area contributed by atoms with Gasteiger partial charge in [0.2, 0.25) is 0 Å². The molecule has 1 aliphatic heterocycles. The number of nitrogens with zero attached hydrogens (tertiary/aromatic N) is 2. The normalized spacial score (nSPS) is 29.9. The second-order valence-corrected chi connectivity index (χ2v) is 5.24. The molecule has 4 rings (SSSR count). The molecule has 2 aliphatic rings. The third-order valence-electron chi connectivity index (χ3n) is 4.18. The quantitative estimate of drug-likeness (QED) is 0.653. The highest BCUT2D eigenvalue weighted by atomic mass is 15.2. The summed E-state index contributed by atoms with van der Waals surface area (Å²) < 4.78 is 2.39. The number of hydrogen-bond acceptors (Lipinski definition) is 1. The first-order valence-electron chi connectivity index (χ1n) is 5.94. The molecular weight excluding hydrogens is 196 g/mol. The SMILES string of the molecule is CC1CC2(C1)c1ccccc1-c1cncn12. The van der Waals surface area contributed by atoms with Crippen LogP contribution >= 0.6 is 0 Å². The fourth-order valence-corrected chi connectivity index (χ4v) is 3.59. The third-order valence-corrected chi connectivity index (χ3v) is 4.18. The highest BCUT2D eigenvalue weighted by molar-refractivity contribution is 5.71. The fraction of sp³-hybridized carbons (Fsp3) is 0.357. The Morgan fingerprint density at radius 2 is 2.12 bits per heavy atom. The Balaban J connectivity index is 2.03. The van der Waals surface area contributed by atoms with E-state index in [0.717, 1.165) is 5.92 Å². The fourth-order valence-electron chi connectivity index (χ4n) is 3.59. The minimum Gasteiger partial charge on any atom is -0.320 e. The van der Waals surface area contributed by atoms with Gasteiger partial charge in [-0.3, -0.25) is 0 Å². The van der Waals surface area contributed by atoms with Crippen LogP contribution in [0.2, 0.25) is 0 Å². The summed E-state index contributed by atoms with van der Waals surface area (Å²) in [5, 5.41) is 0. The maximum absolute atomic E-state index is 4.31. The average molecular weight is 210 g/mol. The van der Waals surface area contributed by atoms with Gasteiger partial charge >= 0.3 is 0 Å². The van der Waals surface area contributed by atoms with E-state index in [2.05, 4.69) is 40.7 Å². The van der Waals surface area contributed by atoms with Crippen LogP contribution in [0.15, 0.2) is 36.8 Å². The lowest BCUT2D eigenvalue weighted by Gasteiger charge is -2.45. The molecule has 2 nitrogen and oxygen atoms in total. The molecule has 1 aliphatic carbocycles. The van der Waals surface area contributed by atoms with Crippen LogP contribution in [0.3, 0.4) is 0 Å². The zero-order chi connectivity index (χ0) is 10.8. The number of aromatic nitrogens is 2. The van der Waals surface area contributed by atoms with Gasteiger partial charge in [-0.1, -0.05) is 31.2 Å². The van der Waals surface area contributed by atoms with Crippen LogP contribution < -0.4 is 0 Å². The van der Waals surface area contributed by atoms with E-state index in [1.807, 2.05) is 12.5 Å². The van der Waals surface area contributed by atoms with Crippen LogP contribution in [0, 0.1) is 5.92 Å². The third kappa shape index (κ3) is 0.787. The highest BCUT2D eigenvalue weighted by Gasteiger charge is 2.50. The molecule has 0 radical (unpaired) electrons. The zero-order valence-corrected chi connectivity index (χ0v) is 9.35. The Labute approximate surface area is 94.9 Å². The zero-order valence-electron chi connectivity index (χ0n) is 9.35. The Morgan fingerprint density at radius 1 is 1.31 bits per heavy atom. The van der Waals surface area contributed by atoms with E-state index in [1.54, 1.807) is 0 Å². The highest BCUT2D eigenvalue weighted by Crippen LogP contribution is 2.56. The molecule has 0 atom stereocenters. The summed E-state index contributed by atoms with van der Waals surface area (Å²) in [5.41, 5.74) is 4.42. The minimum atomic E-state index is 0.238. The summed E-state index contributed by atoms with van der Waals surface area (Å²) in [6.07, 6.45) is 6.51. The molecule has 2 heterocycles. The van der Waals surface area contributed by atoms with Crippen molar-refractivity contribution in [2.24, 2.45) is 5.92 Å². The lowest BCUT2D eigenvalue weighted by Crippen LogP contribution is -2.43. The molecular formula is C14H14N2. The Kier molecular flexibility index (Phi) is 1.37. The summed E-state index contributed by atoms with van der Waals surface area (Å²) in [6, 6.07) is 8.79. The van der Waals surface area contributed by atoms with Gasteiger partial charge in [0.05, 0.1) is 23.8 Å². The molecule has 0 bridgehead atoms. The first kappa shape index (κ1) is 8.57. The van der Waals surface area contributed by atoms with Crippen LogP contribution in [0.1, 0.15) is 25.3 Å². The monoisotopic (exact) mass is 210 g/mol. The predicted octanol–water partition coefficient (Wildman–Crippen LogP) is 3.04. The summed E-state index contributed by atoms with van der Waals surface area (Å²) in [4.78, 5) is 4.31. The first-order chi connectivity index (χ1) is 7.81. The molecule has 1 aromatic heterocycles. The summed E-state index contributed by atoms with van der Waals surface area (Å²) in [6.45, 7) is 2.34. The standard InChI is InChI=1S/C14H14N2/c1-10-6-14(7-10)12-5-3-2-4-11(12)13-8-15-9-16(13)14/h2-5,8-10H,6-7H2,1H3. The number of rotatable bonds is 0. The van der Waals surface area contributed by atoms with E-state index >= 15 is 0 Å². The Hall–Kier alpha value is -1.57. The van der Waals surface area contributed by atoms with E-state index in [9.17, 15) is 0 Å². The van der Waals surface area contributed by atoms with E-state index in [4.69, 9.17) is 0 Å². The second-order valence-electron chi connectivity index (χ2n) is 5.24. The van der Waals surface area contributed by atoms with E-state index in [-0.39, 0.29) is 5.54 Å². The molecule has 80 valence electrons. The van der Waals surface area contributed by atoms with Crippen LogP contribution in [0.4, 0.5) is 0 Å². The molecule has 16 heavy (non-hydrogen) atoms. The van der Waals surface area contributed by atoms with Crippen molar-refractivity contribution in [2.45, 2.75) is 25.3 Å². The molecule has 1 spiro atoms. The molecule has 0 amide bonds. The largest absolute Gasteiger partial charge is 0.320 e. The lowest BCUT2D eigenvalue weighted by molar-refractivity contribution is 0.130. The van der Waals surface area contributed by atoms with Crippen LogP contribution in [-0.4, -0.2) is 9.55 Å². The predicted molar refractivity (Wildman–Crippen MR) is 63.1 cm³/mol. The first-order valence-corrected chi connectivity index (χ1v) is 5.94. The Bertz CT molecular complexity index is 562. The van der Waals surface area contributed by atoms with Crippen LogP contribution in [-0.2, 0) is 5.54 Å². The molecule has 1 aromatic carbocycles. The number of hydrogen-bond donors (Lipinski definition) is 0. The van der Waals surface area contributed by atoms with E-state index in [1.165, 1.54) is 29.7 Å². The second kappa shape index (κ2) is 2.57. The van der Waals surface area contributed by atoms with Crippen LogP contribution in [0.25, 0.3) is 11.3 Å². The summed E-state index contributed by atoms with van der Waals surface area (Å²) >= 11 is 0. The van der Waals surface area contributed by atoms with Gasteiger partial charge in [-0.15, -0.1) is 0 Å². The molecule has 0 N–H and O–H groups in total. The van der Waals surface area contributed by atoms with Gasteiger partial charge in [0.1, 0.15) is 0 Å². The van der Waals surface area contributed by atoms with Crippen molar-refractivity contribution in [3.8, 4) is 11.3 Å². The van der Waals surface area contributed by atoms with Gasteiger partial charge in [-0.25, -0.2) is 4.98 Å². The van der Waals surface area contributed by atoms with Gasteiger partial charge in [0.15, 0.2) is 0 Å². The van der Waals surface area contributed by atoms with Crippen molar-refractivity contribution >= 4 is 0 Å². The van der Waals surface area contributed by atoms with Crippen molar-refractivity contribution in [2.75, 3.05) is 0 Å². The van der Waals surface area contributed by atoms with Gasteiger partial charge in [-0.2, -0.15) is 0 Å². The van der Waals surface area contributed by atoms with Gasteiger partial charge < -0.3 is 4.57 Å².